The fourth-order valence-electron chi connectivity index (χ4n) is 3.04. The van der Waals surface area contributed by atoms with E-state index in [9.17, 15) is 0 Å². The Bertz CT molecular complexity index is 672. The SMILES string of the molecule is C[C@@H](NC(=S)Nc1ccc(Br)cc1)[C@@H](c1cccs1)N1CCOCC1. The van der Waals surface area contributed by atoms with E-state index < -0.39 is 0 Å². The molecular weight excluding hydrogens is 418 g/mol. The predicted molar refractivity (Wildman–Crippen MR) is 112 cm³/mol. The van der Waals surface area contributed by atoms with Crippen molar-refractivity contribution in [2.45, 2.75) is 19.0 Å². The van der Waals surface area contributed by atoms with Crippen molar-refractivity contribution in [1.82, 2.24) is 10.2 Å². The second-order valence-electron chi connectivity index (χ2n) is 6.00. The molecule has 0 amide bonds. The van der Waals surface area contributed by atoms with Crippen LogP contribution in [0.4, 0.5) is 5.69 Å². The van der Waals surface area contributed by atoms with E-state index in [-0.39, 0.29) is 12.1 Å². The molecule has 134 valence electrons. The lowest BCUT2D eigenvalue weighted by Gasteiger charge is -2.38. The fourth-order valence-corrected chi connectivity index (χ4v) is 4.58. The number of nitrogens with one attached hydrogen (secondary N) is 2. The van der Waals surface area contributed by atoms with Gasteiger partial charge in [-0.3, -0.25) is 4.90 Å². The second-order valence-corrected chi connectivity index (χ2v) is 8.31. The molecule has 0 unspecified atom stereocenters. The average molecular weight is 440 g/mol. The van der Waals surface area contributed by atoms with Gasteiger partial charge in [0.15, 0.2) is 5.11 Å². The molecule has 3 rings (SSSR count). The summed E-state index contributed by atoms with van der Waals surface area (Å²) >= 11 is 10.8. The van der Waals surface area contributed by atoms with Crippen molar-refractivity contribution < 1.29 is 4.74 Å². The number of nitrogens with zero attached hydrogens (tertiary/aromatic N) is 1. The van der Waals surface area contributed by atoms with E-state index in [4.69, 9.17) is 17.0 Å². The summed E-state index contributed by atoms with van der Waals surface area (Å²) in [5.74, 6) is 0. The van der Waals surface area contributed by atoms with Crippen LogP contribution in [-0.4, -0.2) is 42.4 Å². The van der Waals surface area contributed by atoms with Crippen LogP contribution >= 0.6 is 39.5 Å². The Morgan fingerprint density at radius 3 is 2.60 bits per heavy atom. The van der Waals surface area contributed by atoms with Gasteiger partial charge in [0.2, 0.25) is 0 Å². The maximum Gasteiger partial charge on any atom is 0.171 e. The maximum absolute atomic E-state index is 5.52. The number of halogens is 1. The molecule has 2 atom stereocenters. The van der Waals surface area contributed by atoms with Gasteiger partial charge in [0.25, 0.3) is 0 Å². The minimum Gasteiger partial charge on any atom is -0.379 e. The van der Waals surface area contributed by atoms with Crippen molar-refractivity contribution in [3.63, 3.8) is 0 Å². The van der Waals surface area contributed by atoms with Crippen molar-refractivity contribution >= 4 is 50.3 Å². The predicted octanol–water partition coefficient (Wildman–Crippen LogP) is 4.26. The first kappa shape index (κ1) is 18.8. The number of morpholine rings is 1. The molecule has 0 aliphatic carbocycles. The lowest BCUT2D eigenvalue weighted by atomic mass is 10.1. The molecule has 0 bridgehead atoms. The van der Waals surface area contributed by atoms with Gasteiger partial charge in [-0.2, -0.15) is 0 Å². The number of hydrogen-bond donors (Lipinski definition) is 2. The second kappa shape index (κ2) is 9.09. The highest BCUT2D eigenvalue weighted by atomic mass is 79.9. The van der Waals surface area contributed by atoms with Crippen LogP contribution in [0.15, 0.2) is 46.3 Å². The van der Waals surface area contributed by atoms with E-state index >= 15 is 0 Å². The van der Waals surface area contributed by atoms with Gasteiger partial charge in [-0.1, -0.05) is 22.0 Å². The summed E-state index contributed by atoms with van der Waals surface area (Å²) in [6.07, 6.45) is 0. The van der Waals surface area contributed by atoms with Gasteiger partial charge in [0, 0.05) is 34.2 Å². The van der Waals surface area contributed by atoms with Crippen LogP contribution < -0.4 is 10.6 Å². The Morgan fingerprint density at radius 1 is 1.24 bits per heavy atom. The molecule has 1 saturated heterocycles. The van der Waals surface area contributed by atoms with E-state index in [1.54, 1.807) is 11.3 Å². The van der Waals surface area contributed by atoms with Crippen molar-refractivity contribution in [1.29, 1.82) is 0 Å². The molecule has 1 aromatic carbocycles. The average Bonchev–Trinajstić information content (AvgIpc) is 3.12. The first-order valence-corrected chi connectivity index (χ1v) is 10.4. The number of benzene rings is 1. The Morgan fingerprint density at radius 2 is 1.96 bits per heavy atom. The van der Waals surface area contributed by atoms with Crippen LogP contribution in [-0.2, 0) is 4.74 Å². The largest absolute Gasteiger partial charge is 0.379 e. The number of rotatable bonds is 5. The lowest BCUT2D eigenvalue weighted by Crippen LogP contribution is -2.49. The van der Waals surface area contributed by atoms with Crippen molar-refractivity contribution in [2.24, 2.45) is 0 Å². The van der Waals surface area contributed by atoms with Crippen LogP contribution in [0.3, 0.4) is 0 Å². The molecule has 0 spiro atoms. The first-order chi connectivity index (χ1) is 12.1. The number of anilines is 1. The fraction of sp³-hybridized carbons (Fsp3) is 0.389. The Labute approximate surface area is 166 Å². The van der Waals surface area contributed by atoms with Gasteiger partial charge in [-0.25, -0.2) is 0 Å². The Hall–Kier alpha value is -0.990. The molecule has 2 heterocycles. The molecule has 25 heavy (non-hydrogen) atoms. The Kier molecular flexibility index (Phi) is 6.84. The summed E-state index contributed by atoms with van der Waals surface area (Å²) in [6, 6.07) is 12.8. The number of hydrogen-bond acceptors (Lipinski definition) is 4. The molecular formula is C18H22BrN3OS2. The zero-order valence-electron chi connectivity index (χ0n) is 14.1. The van der Waals surface area contributed by atoms with Crippen molar-refractivity contribution in [3.8, 4) is 0 Å². The molecule has 1 aromatic heterocycles. The molecule has 0 radical (unpaired) electrons. The zero-order chi connectivity index (χ0) is 17.6. The monoisotopic (exact) mass is 439 g/mol. The standard InChI is InChI=1S/C18H22BrN3OS2/c1-13(20-18(24)21-15-6-4-14(19)5-7-15)17(16-3-2-12-25-16)22-8-10-23-11-9-22/h2-7,12-13,17H,8-11H2,1H3,(H2,20,21,24)/t13-,17+/m1/s1. The van der Waals surface area contributed by atoms with E-state index in [0.717, 1.165) is 36.5 Å². The van der Waals surface area contributed by atoms with E-state index in [2.05, 4.69) is 55.9 Å². The number of thiophene rings is 1. The molecule has 2 aromatic rings. The van der Waals surface area contributed by atoms with Gasteiger partial charge in [0.05, 0.1) is 19.3 Å². The van der Waals surface area contributed by atoms with Crippen LogP contribution in [0, 0.1) is 0 Å². The van der Waals surface area contributed by atoms with Gasteiger partial charge in [-0.15, -0.1) is 11.3 Å². The highest BCUT2D eigenvalue weighted by Crippen LogP contribution is 2.29. The summed E-state index contributed by atoms with van der Waals surface area (Å²) in [5, 5.41) is 9.50. The number of ether oxygens (including phenoxy) is 1. The summed E-state index contributed by atoms with van der Waals surface area (Å²) in [5.41, 5.74) is 0.979. The highest BCUT2D eigenvalue weighted by Gasteiger charge is 2.28. The maximum atomic E-state index is 5.52. The van der Waals surface area contributed by atoms with Crippen LogP contribution in [0.25, 0.3) is 0 Å². The molecule has 2 N–H and O–H groups in total. The van der Waals surface area contributed by atoms with Gasteiger partial charge in [-0.05, 0) is 54.9 Å². The van der Waals surface area contributed by atoms with Crippen LogP contribution in [0.2, 0.25) is 0 Å². The third-order valence-corrected chi connectivity index (χ3v) is 5.90. The molecule has 7 heteroatoms. The van der Waals surface area contributed by atoms with Crippen molar-refractivity contribution in [2.75, 3.05) is 31.6 Å². The normalized spacial score (nSPS) is 17.7. The quantitative estimate of drug-likeness (QED) is 0.680. The van der Waals surface area contributed by atoms with Crippen molar-refractivity contribution in [3.05, 3.63) is 51.1 Å². The Balaban J connectivity index is 1.66. The third-order valence-electron chi connectivity index (χ3n) is 4.21. The minimum absolute atomic E-state index is 0.187. The molecule has 1 aliphatic rings. The number of thiocarbonyl (C=S) groups is 1. The van der Waals surface area contributed by atoms with Crippen LogP contribution in [0.5, 0.6) is 0 Å². The van der Waals surface area contributed by atoms with E-state index in [1.165, 1.54) is 4.88 Å². The minimum atomic E-state index is 0.187. The molecule has 0 saturated carbocycles. The summed E-state index contributed by atoms with van der Waals surface area (Å²) in [6.45, 7) is 5.66. The molecule has 1 aliphatic heterocycles. The zero-order valence-corrected chi connectivity index (χ0v) is 17.3. The summed E-state index contributed by atoms with van der Waals surface area (Å²) in [7, 11) is 0. The molecule has 4 nitrogen and oxygen atoms in total. The van der Waals surface area contributed by atoms with E-state index in [0.29, 0.717) is 5.11 Å². The third kappa shape index (κ3) is 5.24. The van der Waals surface area contributed by atoms with Gasteiger partial charge < -0.3 is 15.4 Å². The summed E-state index contributed by atoms with van der Waals surface area (Å²) in [4.78, 5) is 3.84. The van der Waals surface area contributed by atoms with Gasteiger partial charge >= 0.3 is 0 Å². The summed E-state index contributed by atoms with van der Waals surface area (Å²) < 4.78 is 6.57. The highest BCUT2D eigenvalue weighted by molar-refractivity contribution is 9.10. The van der Waals surface area contributed by atoms with Gasteiger partial charge in [0.1, 0.15) is 0 Å². The smallest absolute Gasteiger partial charge is 0.171 e. The topological polar surface area (TPSA) is 36.5 Å². The van der Waals surface area contributed by atoms with Crippen LogP contribution in [0.1, 0.15) is 17.8 Å². The first-order valence-electron chi connectivity index (χ1n) is 8.32. The molecule has 1 fully saturated rings. The van der Waals surface area contributed by atoms with E-state index in [1.807, 2.05) is 24.3 Å². The lowest BCUT2D eigenvalue weighted by molar-refractivity contribution is 0.0110.